The lowest BCUT2D eigenvalue weighted by molar-refractivity contribution is -0.116. The van der Waals surface area contributed by atoms with Gasteiger partial charge in [0.05, 0.1) is 53.2 Å². The summed E-state index contributed by atoms with van der Waals surface area (Å²) in [5, 5.41) is 6.47. The minimum absolute atomic E-state index is 0.0421. The Hall–Kier alpha value is -3.36. The van der Waals surface area contributed by atoms with Crippen LogP contribution in [0, 0.1) is 5.82 Å². The average Bonchev–Trinajstić information content (AvgIpc) is 3.53. The van der Waals surface area contributed by atoms with E-state index in [0.29, 0.717) is 60.0 Å². The minimum Gasteiger partial charge on any atom is -0.487 e. The van der Waals surface area contributed by atoms with Crippen LogP contribution in [0.5, 0.6) is 5.75 Å². The third-order valence-corrected chi connectivity index (χ3v) is 9.36. The first-order valence-electron chi connectivity index (χ1n) is 13.5. The first-order chi connectivity index (χ1) is 20.2. The fraction of sp³-hybridized carbons (Fsp3) is 0.393. The summed E-state index contributed by atoms with van der Waals surface area (Å²) in [5.74, 6) is -0.318. The van der Waals surface area contributed by atoms with Crippen molar-refractivity contribution in [3.63, 3.8) is 0 Å². The number of carbonyl (C=O) groups is 1. The van der Waals surface area contributed by atoms with Gasteiger partial charge in [-0.25, -0.2) is 22.8 Å². The molecule has 3 aliphatic heterocycles. The van der Waals surface area contributed by atoms with Gasteiger partial charge in [0.2, 0.25) is 5.91 Å². The summed E-state index contributed by atoms with van der Waals surface area (Å²) in [5.41, 5.74) is 1.32. The number of sulfone groups is 1. The number of aromatic nitrogens is 2. The first kappa shape index (κ1) is 28.7. The van der Waals surface area contributed by atoms with Crippen LogP contribution < -0.4 is 15.4 Å². The molecule has 0 aliphatic carbocycles. The SMILES string of the molecule is O=C(C=CCN1CC2OCCOC2C1)Nc1cc2c(Nc3ccc(F)c(Cl)c3)ncnc2cc1OC1CCS(=O)(=O)C1. The third kappa shape index (κ3) is 6.65. The quantitative estimate of drug-likeness (QED) is 0.363. The monoisotopic (exact) mass is 617 g/mol. The van der Waals surface area contributed by atoms with Crippen LogP contribution in [0.4, 0.5) is 21.6 Å². The molecule has 2 aromatic carbocycles. The van der Waals surface area contributed by atoms with Crippen LogP contribution in [-0.4, -0.2) is 91.9 Å². The summed E-state index contributed by atoms with van der Waals surface area (Å²) in [6.07, 6.45) is 4.46. The van der Waals surface area contributed by atoms with Gasteiger partial charge in [-0.15, -0.1) is 0 Å². The Morgan fingerprint density at radius 2 is 1.95 bits per heavy atom. The van der Waals surface area contributed by atoms with Crippen molar-refractivity contribution in [2.24, 2.45) is 0 Å². The van der Waals surface area contributed by atoms with Gasteiger partial charge in [-0.3, -0.25) is 9.69 Å². The molecule has 14 heteroatoms. The largest absolute Gasteiger partial charge is 0.487 e. The van der Waals surface area contributed by atoms with E-state index in [0.717, 1.165) is 13.1 Å². The molecule has 0 spiro atoms. The Labute approximate surface area is 246 Å². The van der Waals surface area contributed by atoms with Crippen molar-refractivity contribution in [1.82, 2.24) is 14.9 Å². The molecule has 3 saturated heterocycles. The van der Waals surface area contributed by atoms with Gasteiger partial charge in [0, 0.05) is 42.9 Å². The molecule has 1 amide bonds. The Morgan fingerprint density at radius 1 is 1.17 bits per heavy atom. The van der Waals surface area contributed by atoms with E-state index in [1.54, 1.807) is 18.2 Å². The van der Waals surface area contributed by atoms with E-state index >= 15 is 0 Å². The van der Waals surface area contributed by atoms with Crippen LogP contribution in [0.3, 0.4) is 0 Å². The van der Waals surface area contributed by atoms with Gasteiger partial charge in [0.25, 0.3) is 0 Å². The predicted octanol–water partition coefficient (Wildman–Crippen LogP) is 3.33. The van der Waals surface area contributed by atoms with Crippen LogP contribution >= 0.6 is 11.6 Å². The second kappa shape index (κ2) is 12.1. The molecule has 3 fully saturated rings. The number of hydrogen-bond acceptors (Lipinski definition) is 10. The average molecular weight is 618 g/mol. The number of hydrogen-bond donors (Lipinski definition) is 2. The topological polar surface area (TPSA) is 132 Å². The van der Waals surface area contributed by atoms with E-state index in [2.05, 4.69) is 25.5 Å². The number of halogens is 2. The highest BCUT2D eigenvalue weighted by atomic mass is 35.5. The number of benzene rings is 2. The highest BCUT2D eigenvalue weighted by Gasteiger charge is 2.36. The maximum absolute atomic E-state index is 13.7. The third-order valence-electron chi connectivity index (χ3n) is 7.33. The zero-order valence-corrected chi connectivity index (χ0v) is 24.0. The van der Waals surface area contributed by atoms with Crippen molar-refractivity contribution in [2.45, 2.75) is 24.7 Å². The smallest absolute Gasteiger partial charge is 0.248 e. The summed E-state index contributed by atoms with van der Waals surface area (Å²) < 4.78 is 55.3. The molecular formula is C28H29ClFN5O6S. The standard InChI is InChI=1S/C28H29ClFN5O6S/c29-20-10-17(3-4-21(20)30)33-28-19-11-23(24(12-22(19)31-16-32-28)41-18-5-9-42(37,38)15-18)34-27(36)2-1-6-35-13-25-26(14-35)40-8-7-39-25/h1-4,10-12,16,18,25-26H,5-9,13-15H2,(H,34,36)(H,31,32,33). The highest BCUT2D eigenvalue weighted by molar-refractivity contribution is 7.91. The van der Waals surface area contributed by atoms with Gasteiger partial charge in [-0.1, -0.05) is 17.7 Å². The number of amides is 1. The van der Waals surface area contributed by atoms with Crippen molar-refractivity contribution >= 4 is 55.4 Å². The Bertz CT molecular complexity index is 1630. The molecule has 11 nitrogen and oxygen atoms in total. The van der Waals surface area contributed by atoms with Gasteiger partial charge in [-0.05, 0) is 30.7 Å². The molecule has 0 radical (unpaired) electrons. The van der Waals surface area contributed by atoms with Crippen LogP contribution in [-0.2, 0) is 24.1 Å². The number of nitrogens with zero attached hydrogens (tertiary/aromatic N) is 3. The van der Waals surface area contributed by atoms with Crippen molar-refractivity contribution in [2.75, 3.05) is 55.0 Å². The predicted molar refractivity (Wildman–Crippen MR) is 156 cm³/mol. The molecule has 3 aromatic rings. The van der Waals surface area contributed by atoms with E-state index in [-0.39, 0.29) is 34.6 Å². The number of carbonyl (C=O) groups excluding carboxylic acids is 1. The summed E-state index contributed by atoms with van der Waals surface area (Å²) in [6, 6.07) is 7.49. The Balaban J connectivity index is 1.23. The van der Waals surface area contributed by atoms with Gasteiger partial charge in [0.15, 0.2) is 9.84 Å². The second-order valence-corrected chi connectivity index (χ2v) is 13.0. The van der Waals surface area contributed by atoms with E-state index in [9.17, 15) is 17.6 Å². The molecule has 4 heterocycles. The maximum atomic E-state index is 13.7. The number of ether oxygens (including phenoxy) is 3. The number of anilines is 3. The maximum Gasteiger partial charge on any atom is 0.248 e. The molecule has 42 heavy (non-hydrogen) atoms. The van der Waals surface area contributed by atoms with Gasteiger partial charge >= 0.3 is 0 Å². The molecule has 2 N–H and O–H groups in total. The molecule has 3 unspecified atom stereocenters. The van der Waals surface area contributed by atoms with Crippen molar-refractivity contribution < 1.29 is 31.8 Å². The van der Waals surface area contributed by atoms with Crippen LogP contribution in [0.2, 0.25) is 5.02 Å². The van der Waals surface area contributed by atoms with E-state index < -0.39 is 21.8 Å². The molecule has 3 aliphatic rings. The van der Waals surface area contributed by atoms with Crippen molar-refractivity contribution in [3.05, 3.63) is 59.7 Å². The molecule has 1 aromatic heterocycles. The number of likely N-dealkylation sites (tertiary alicyclic amines) is 1. The van der Waals surface area contributed by atoms with Crippen LogP contribution in [0.15, 0.2) is 48.8 Å². The Morgan fingerprint density at radius 3 is 2.67 bits per heavy atom. The fourth-order valence-electron chi connectivity index (χ4n) is 5.29. The molecule has 3 atom stereocenters. The minimum atomic E-state index is -3.19. The summed E-state index contributed by atoms with van der Waals surface area (Å²) in [7, 11) is -3.19. The van der Waals surface area contributed by atoms with E-state index in [4.69, 9.17) is 25.8 Å². The molecular weight excluding hydrogens is 589 g/mol. The van der Waals surface area contributed by atoms with Gasteiger partial charge < -0.3 is 24.8 Å². The molecule has 0 saturated carbocycles. The Kier molecular flexibility index (Phi) is 8.28. The van der Waals surface area contributed by atoms with Crippen molar-refractivity contribution in [3.8, 4) is 5.75 Å². The molecule has 0 bridgehead atoms. The summed E-state index contributed by atoms with van der Waals surface area (Å²) in [4.78, 5) is 23.8. The second-order valence-electron chi connectivity index (χ2n) is 10.4. The lowest BCUT2D eigenvalue weighted by Gasteiger charge is -2.24. The number of fused-ring (bicyclic) bond motifs is 2. The molecule has 6 rings (SSSR count). The summed E-state index contributed by atoms with van der Waals surface area (Å²) in [6.45, 7) is 3.21. The summed E-state index contributed by atoms with van der Waals surface area (Å²) >= 11 is 5.94. The normalized spacial score (nSPS) is 23.7. The van der Waals surface area contributed by atoms with Crippen LogP contribution in [0.1, 0.15) is 6.42 Å². The fourth-order valence-corrected chi connectivity index (χ4v) is 7.06. The van der Waals surface area contributed by atoms with Gasteiger partial charge in [-0.2, -0.15) is 0 Å². The first-order valence-corrected chi connectivity index (χ1v) is 15.7. The van der Waals surface area contributed by atoms with Gasteiger partial charge in [0.1, 0.15) is 29.8 Å². The van der Waals surface area contributed by atoms with E-state index in [1.807, 2.05) is 0 Å². The number of nitrogens with one attached hydrogen (secondary N) is 2. The lowest BCUT2D eigenvalue weighted by atomic mass is 10.1. The van der Waals surface area contributed by atoms with E-state index in [1.165, 1.54) is 30.6 Å². The molecule has 222 valence electrons. The zero-order valence-electron chi connectivity index (χ0n) is 22.5. The zero-order chi connectivity index (χ0) is 29.3. The van der Waals surface area contributed by atoms with Crippen LogP contribution in [0.25, 0.3) is 10.9 Å². The van der Waals surface area contributed by atoms with Crippen molar-refractivity contribution in [1.29, 1.82) is 0 Å². The lowest BCUT2D eigenvalue weighted by Crippen LogP contribution is -2.36. The number of rotatable bonds is 8. The highest BCUT2D eigenvalue weighted by Crippen LogP contribution is 2.35.